The Kier molecular flexibility index (Phi) is 11.3. The molecule has 0 radical (unpaired) electrons. The van der Waals surface area contributed by atoms with Crippen LogP contribution in [-0.4, -0.2) is 0 Å². The molecule has 0 atom stereocenters. The molecule has 0 fully saturated rings. The summed E-state index contributed by atoms with van der Waals surface area (Å²) in [4.78, 5) is 7.37. The maximum atomic E-state index is 2.46. The van der Waals surface area contributed by atoms with E-state index in [-0.39, 0.29) is 10.8 Å². The average molecular weight is 1030 g/mol. The number of aryl methyl sites for hydroxylation is 4. The number of benzene rings is 11. The quantitative estimate of drug-likeness (QED) is 0.143. The molecule has 3 nitrogen and oxygen atoms in total. The van der Waals surface area contributed by atoms with Gasteiger partial charge in [-0.3, -0.25) is 0 Å². The van der Waals surface area contributed by atoms with Gasteiger partial charge in [0.2, 0.25) is 0 Å². The Labute approximate surface area is 472 Å². The zero-order valence-corrected chi connectivity index (χ0v) is 47.0. The van der Waals surface area contributed by atoms with Crippen molar-refractivity contribution in [1.82, 2.24) is 0 Å². The smallest absolute Gasteiger partial charge is 0.0742 e. The van der Waals surface area contributed by atoms with Crippen molar-refractivity contribution in [2.45, 2.75) is 71.6 Å². The van der Waals surface area contributed by atoms with Crippen molar-refractivity contribution in [3.05, 3.63) is 315 Å². The second kappa shape index (κ2) is 18.5. The molecule has 0 aromatic heterocycles. The first-order valence-corrected chi connectivity index (χ1v) is 28.3. The van der Waals surface area contributed by atoms with Gasteiger partial charge in [-0.15, -0.1) is 0 Å². The van der Waals surface area contributed by atoms with Crippen LogP contribution in [0.1, 0.15) is 94.5 Å². The molecule has 80 heavy (non-hydrogen) atoms. The third-order valence-corrected chi connectivity index (χ3v) is 18.4. The first kappa shape index (κ1) is 49.1. The highest BCUT2D eigenvalue weighted by molar-refractivity contribution is 5.92. The molecule has 3 aliphatic rings. The van der Waals surface area contributed by atoms with E-state index in [0.29, 0.717) is 0 Å². The zero-order chi connectivity index (χ0) is 54.7. The van der Waals surface area contributed by atoms with E-state index in [1.165, 1.54) is 89.0 Å². The fraction of sp³-hybridized carbons (Fsp3) is 0.143. The number of anilines is 9. The van der Waals surface area contributed by atoms with Crippen LogP contribution in [0.25, 0.3) is 22.3 Å². The Hall–Kier alpha value is -9.18. The molecule has 11 aromatic rings. The van der Waals surface area contributed by atoms with E-state index in [2.05, 4.69) is 319 Å². The molecule has 1 heterocycles. The van der Waals surface area contributed by atoms with Crippen LogP contribution >= 0.6 is 0 Å². The summed E-state index contributed by atoms with van der Waals surface area (Å²) < 4.78 is 0. The number of rotatable bonds is 9. The van der Waals surface area contributed by atoms with Crippen LogP contribution in [0, 0.1) is 27.7 Å². The van der Waals surface area contributed by atoms with Gasteiger partial charge < -0.3 is 14.7 Å². The summed E-state index contributed by atoms with van der Waals surface area (Å²) in [5.74, 6) is 0. The van der Waals surface area contributed by atoms with Crippen molar-refractivity contribution in [2.75, 3.05) is 14.7 Å². The molecular weight excluding hydrogens is 967 g/mol. The molecular formula is C77H65N3. The summed E-state index contributed by atoms with van der Waals surface area (Å²) in [6.07, 6.45) is 0. The minimum absolute atomic E-state index is 0.140. The lowest BCUT2D eigenvalue weighted by molar-refractivity contribution is 0.660. The lowest BCUT2D eigenvalue weighted by Gasteiger charge is -2.46. The minimum atomic E-state index is -0.723. The molecule has 0 amide bonds. The van der Waals surface area contributed by atoms with Crippen LogP contribution < -0.4 is 14.7 Å². The Morgan fingerprint density at radius 2 is 0.613 bits per heavy atom. The summed E-state index contributed by atoms with van der Waals surface area (Å²) in [6, 6.07) is 93.9. The number of hydrogen-bond acceptors (Lipinski definition) is 3. The SMILES string of the molecule is Cc1ccc(N(c2ccc(C3(c4ccc(N(c5ccc(C)c(C)c5)c5ccc6c(c5)C(C)(C)c5ccccc5-6)cc4)c4ccccc4N(c4ccccc4)c4ccccc43)cc2)c2ccc3c(c2)C(C)(C)c2ccccc2-3)cc1C. The molecule has 0 unspecified atom stereocenters. The van der Waals surface area contributed by atoms with Gasteiger partial charge in [-0.2, -0.15) is 0 Å². The minimum Gasteiger partial charge on any atom is -0.310 e. The Balaban J connectivity index is 0.959. The van der Waals surface area contributed by atoms with E-state index in [9.17, 15) is 0 Å². The monoisotopic (exact) mass is 1030 g/mol. The first-order chi connectivity index (χ1) is 38.8. The standard InChI is InChI=1S/C77H65N3/c1-50-30-36-59(46-52(50)3)78(61-42-44-65-63-22-12-14-24-67(63)75(5,6)71(65)48-61)57-38-32-54(33-39-57)77(69-26-16-18-28-73(69)80(56-20-10-9-11-21-56)74-29-19-17-27-70(74)77)55-34-40-58(41-35-55)79(60-37-31-51(2)53(4)47-60)62-43-45-66-64-23-13-15-25-68(64)76(7,8)72(66)49-62/h9-49H,1-8H3. The Morgan fingerprint density at radius 1 is 0.275 bits per heavy atom. The summed E-state index contributed by atoms with van der Waals surface area (Å²) in [6.45, 7) is 18.3. The fourth-order valence-electron chi connectivity index (χ4n) is 13.9. The second-order valence-electron chi connectivity index (χ2n) is 23.6. The average Bonchev–Trinajstić information content (AvgIpc) is 4.01. The zero-order valence-electron chi connectivity index (χ0n) is 47.0. The first-order valence-electron chi connectivity index (χ1n) is 28.3. The molecule has 0 bridgehead atoms. The highest BCUT2D eigenvalue weighted by Crippen LogP contribution is 2.59. The van der Waals surface area contributed by atoms with Crippen LogP contribution in [0.3, 0.4) is 0 Å². The lowest BCUT2D eigenvalue weighted by Crippen LogP contribution is -2.37. The van der Waals surface area contributed by atoms with Crippen LogP contribution in [0.2, 0.25) is 0 Å². The van der Waals surface area contributed by atoms with Gasteiger partial charge >= 0.3 is 0 Å². The third-order valence-electron chi connectivity index (χ3n) is 18.4. The van der Waals surface area contributed by atoms with Gasteiger partial charge in [0, 0.05) is 50.6 Å². The molecule has 0 saturated heterocycles. The van der Waals surface area contributed by atoms with E-state index in [0.717, 1.165) is 51.2 Å². The normalized spacial score (nSPS) is 14.5. The largest absolute Gasteiger partial charge is 0.310 e. The van der Waals surface area contributed by atoms with Crippen molar-refractivity contribution in [2.24, 2.45) is 0 Å². The van der Waals surface area contributed by atoms with Gasteiger partial charge in [0.25, 0.3) is 0 Å². The number of nitrogens with zero attached hydrogens (tertiary/aromatic N) is 3. The predicted octanol–water partition coefficient (Wildman–Crippen LogP) is 20.6. The van der Waals surface area contributed by atoms with Crippen molar-refractivity contribution < 1.29 is 0 Å². The number of para-hydroxylation sites is 3. The van der Waals surface area contributed by atoms with Crippen LogP contribution in [0.4, 0.5) is 51.2 Å². The highest BCUT2D eigenvalue weighted by Gasteiger charge is 2.47. The van der Waals surface area contributed by atoms with E-state index in [4.69, 9.17) is 0 Å². The molecule has 0 saturated carbocycles. The van der Waals surface area contributed by atoms with E-state index in [1.54, 1.807) is 0 Å². The maximum absolute atomic E-state index is 2.46. The molecule has 0 N–H and O–H groups in total. The van der Waals surface area contributed by atoms with E-state index >= 15 is 0 Å². The summed E-state index contributed by atoms with van der Waals surface area (Å²) in [7, 11) is 0. The van der Waals surface area contributed by atoms with Crippen molar-refractivity contribution in [1.29, 1.82) is 0 Å². The topological polar surface area (TPSA) is 9.72 Å². The third kappa shape index (κ3) is 7.40. The molecule has 388 valence electrons. The summed E-state index contributed by atoms with van der Waals surface area (Å²) in [5.41, 5.74) is 29.9. The van der Waals surface area contributed by atoms with Crippen LogP contribution in [0.15, 0.2) is 249 Å². The molecule has 11 aromatic carbocycles. The van der Waals surface area contributed by atoms with Crippen LogP contribution in [0.5, 0.6) is 0 Å². The molecule has 3 heteroatoms. The predicted molar refractivity (Wildman–Crippen MR) is 336 cm³/mol. The number of fused-ring (bicyclic) bond motifs is 8. The molecule has 1 aliphatic heterocycles. The molecule has 0 spiro atoms. The van der Waals surface area contributed by atoms with E-state index in [1.807, 2.05) is 0 Å². The van der Waals surface area contributed by atoms with Crippen molar-refractivity contribution in [3.63, 3.8) is 0 Å². The van der Waals surface area contributed by atoms with Gasteiger partial charge in [0.05, 0.1) is 16.8 Å². The van der Waals surface area contributed by atoms with Gasteiger partial charge in [-0.1, -0.05) is 179 Å². The van der Waals surface area contributed by atoms with Crippen LogP contribution in [-0.2, 0) is 16.2 Å². The summed E-state index contributed by atoms with van der Waals surface area (Å²) in [5, 5.41) is 0. The Bertz CT molecular complexity index is 3980. The summed E-state index contributed by atoms with van der Waals surface area (Å²) >= 11 is 0. The Morgan fingerprint density at radius 3 is 1.04 bits per heavy atom. The lowest BCUT2D eigenvalue weighted by atomic mass is 9.62. The van der Waals surface area contributed by atoms with Gasteiger partial charge in [-0.05, 0) is 214 Å². The maximum Gasteiger partial charge on any atom is 0.0742 e. The van der Waals surface area contributed by atoms with Crippen molar-refractivity contribution >= 4 is 51.2 Å². The number of hydrogen-bond donors (Lipinski definition) is 0. The van der Waals surface area contributed by atoms with Gasteiger partial charge in [0.15, 0.2) is 0 Å². The van der Waals surface area contributed by atoms with Gasteiger partial charge in [0.1, 0.15) is 0 Å². The van der Waals surface area contributed by atoms with Crippen molar-refractivity contribution in [3.8, 4) is 22.3 Å². The second-order valence-corrected chi connectivity index (χ2v) is 23.6. The van der Waals surface area contributed by atoms with E-state index < -0.39 is 5.41 Å². The molecule has 2 aliphatic carbocycles. The highest BCUT2D eigenvalue weighted by atomic mass is 15.2. The fourth-order valence-corrected chi connectivity index (χ4v) is 13.9. The molecule has 14 rings (SSSR count). The van der Waals surface area contributed by atoms with Gasteiger partial charge in [-0.25, -0.2) is 0 Å².